The molecule has 0 heterocycles. The number of carbonyl (C=O) groups excluding carboxylic acids is 1. The highest BCUT2D eigenvalue weighted by Gasteiger charge is 2.24. The van der Waals surface area contributed by atoms with Crippen molar-refractivity contribution >= 4 is 11.9 Å². The third kappa shape index (κ3) is 3.71. The summed E-state index contributed by atoms with van der Waals surface area (Å²) >= 11 is 0. The molecule has 2 aromatic carbocycles. The van der Waals surface area contributed by atoms with Gasteiger partial charge in [-0.2, -0.15) is 0 Å². The van der Waals surface area contributed by atoms with E-state index in [1.54, 1.807) is 12.1 Å². The van der Waals surface area contributed by atoms with Gasteiger partial charge in [-0.3, -0.25) is 4.79 Å². The van der Waals surface area contributed by atoms with Crippen molar-refractivity contribution in [1.82, 2.24) is 5.32 Å². The van der Waals surface area contributed by atoms with Crippen molar-refractivity contribution in [3.63, 3.8) is 0 Å². The minimum atomic E-state index is -1.15. The Kier molecular flexibility index (Phi) is 4.91. The van der Waals surface area contributed by atoms with Crippen LogP contribution in [0.5, 0.6) is 0 Å². The van der Waals surface area contributed by atoms with Gasteiger partial charge in [0, 0.05) is 11.6 Å². The normalized spacial score (nSPS) is 13.2. The van der Waals surface area contributed by atoms with E-state index in [2.05, 4.69) is 5.32 Å². The number of carbonyl (C=O) groups is 2. The zero-order chi connectivity index (χ0) is 16.1. The minimum absolute atomic E-state index is 0.395. The molecule has 0 aromatic heterocycles. The molecule has 5 nitrogen and oxygen atoms in total. The minimum Gasteiger partial charge on any atom is -0.480 e. The lowest BCUT2D eigenvalue weighted by molar-refractivity contribution is -0.139. The molecule has 0 radical (unpaired) electrons. The van der Waals surface area contributed by atoms with Crippen LogP contribution < -0.4 is 11.1 Å². The number of nitrogens with two attached hydrogens (primary N) is 1. The lowest BCUT2D eigenvalue weighted by atomic mass is 10.0. The summed E-state index contributed by atoms with van der Waals surface area (Å²) in [6.45, 7) is 1.54. The van der Waals surface area contributed by atoms with Crippen molar-refractivity contribution in [1.29, 1.82) is 0 Å². The second-order valence-corrected chi connectivity index (χ2v) is 5.09. The Morgan fingerprint density at radius 1 is 1.00 bits per heavy atom. The summed E-state index contributed by atoms with van der Waals surface area (Å²) in [6.07, 6.45) is 0. The molecule has 0 bridgehead atoms. The van der Waals surface area contributed by atoms with Gasteiger partial charge in [-0.15, -0.1) is 0 Å². The van der Waals surface area contributed by atoms with E-state index in [1.807, 2.05) is 42.5 Å². The topological polar surface area (TPSA) is 92.4 Å². The molecular weight excluding hydrogens is 280 g/mol. The Labute approximate surface area is 128 Å². The average Bonchev–Trinajstić information content (AvgIpc) is 2.52. The molecule has 0 aliphatic rings. The Morgan fingerprint density at radius 3 is 2.05 bits per heavy atom. The molecule has 0 saturated heterocycles. The predicted octanol–water partition coefficient (Wildman–Crippen LogP) is 1.88. The van der Waals surface area contributed by atoms with Crippen molar-refractivity contribution in [2.45, 2.75) is 19.0 Å². The van der Waals surface area contributed by atoms with Crippen LogP contribution in [-0.4, -0.2) is 29.1 Å². The highest BCUT2D eigenvalue weighted by molar-refractivity contribution is 5.97. The Hall–Kier alpha value is -2.66. The number of aliphatic carboxylic acids is 1. The molecule has 22 heavy (non-hydrogen) atoms. The summed E-state index contributed by atoms with van der Waals surface area (Å²) in [5.74, 6) is -1.60. The molecule has 0 aliphatic heterocycles. The first-order chi connectivity index (χ1) is 10.5. The number of hydrogen-bond acceptors (Lipinski definition) is 3. The number of carboxylic acid groups (broad SMARTS) is 1. The standard InChI is InChI=1S/C17H18N2O3/c1-11(18)15(17(21)22)19-16(20)14-9-7-13(8-10-14)12-5-3-2-4-6-12/h2-11,15H,18H2,1H3,(H,19,20)(H,21,22)/t11-,15+/m1/s1. The van der Waals surface area contributed by atoms with Gasteiger partial charge in [0.2, 0.25) is 0 Å². The summed E-state index contributed by atoms with van der Waals surface area (Å²) < 4.78 is 0. The molecule has 2 rings (SSSR count). The molecule has 0 unspecified atom stereocenters. The van der Waals surface area contributed by atoms with Gasteiger partial charge in [-0.1, -0.05) is 42.5 Å². The van der Waals surface area contributed by atoms with E-state index in [-0.39, 0.29) is 0 Å². The van der Waals surface area contributed by atoms with Gasteiger partial charge in [-0.05, 0) is 30.2 Å². The zero-order valence-electron chi connectivity index (χ0n) is 12.2. The second-order valence-electron chi connectivity index (χ2n) is 5.09. The lowest BCUT2D eigenvalue weighted by Gasteiger charge is -2.17. The van der Waals surface area contributed by atoms with Crippen LogP contribution in [0.25, 0.3) is 11.1 Å². The van der Waals surface area contributed by atoms with Crippen LogP contribution in [-0.2, 0) is 4.79 Å². The van der Waals surface area contributed by atoms with Crippen molar-refractivity contribution in [3.05, 3.63) is 60.2 Å². The Bertz CT molecular complexity index is 651. The number of nitrogens with one attached hydrogen (secondary N) is 1. The maximum Gasteiger partial charge on any atom is 0.327 e. The van der Waals surface area contributed by atoms with E-state index >= 15 is 0 Å². The van der Waals surface area contributed by atoms with Crippen LogP contribution in [0.15, 0.2) is 54.6 Å². The summed E-state index contributed by atoms with van der Waals surface area (Å²) in [4.78, 5) is 23.1. The third-order valence-corrected chi connectivity index (χ3v) is 3.33. The first-order valence-corrected chi connectivity index (χ1v) is 6.94. The Balaban J connectivity index is 2.13. The molecule has 4 N–H and O–H groups in total. The van der Waals surface area contributed by atoms with Crippen molar-refractivity contribution in [3.8, 4) is 11.1 Å². The third-order valence-electron chi connectivity index (χ3n) is 3.33. The summed E-state index contributed by atoms with van der Waals surface area (Å²) in [6, 6.07) is 15.0. The number of benzene rings is 2. The molecule has 2 atom stereocenters. The fraction of sp³-hybridized carbons (Fsp3) is 0.176. The quantitative estimate of drug-likeness (QED) is 0.786. The number of amides is 1. The molecule has 0 aliphatic carbocycles. The number of hydrogen-bond donors (Lipinski definition) is 3. The molecule has 0 spiro atoms. The molecule has 0 fully saturated rings. The Morgan fingerprint density at radius 2 is 1.55 bits per heavy atom. The van der Waals surface area contributed by atoms with E-state index in [1.165, 1.54) is 6.92 Å². The number of carboxylic acids is 1. The van der Waals surface area contributed by atoms with Gasteiger partial charge >= 0.3 is 5.97 Å². The maximum absolute atomic E-state index is 12.1. The predicted molar refractivity (Wildman–Crippen MR) is 84.4 cm³/mol. The summed E-state index contributed by atoms with van der Waals surface area (Å²) in [5, 5.41) is 11.5. The van der Waals surface area contributed by atoms with Crippen molar-refractivity contribution in [2.24, 2.45) is 5.73 Å². The van der Waals surface area contributed by atoms with Crippen LogP contribution in [0.1, 0.15) is 17.3 Å². The van der Waals surface area contributed by atoms with Crippen LogP contribution in [0, 0.1) is 0 Å². The van der Waals surface area contributed by atoms with Crippen molar-refractivity contribution in [2.75, 3.05) is 0 Å². The SMILES string of the molecule is C[C@@H](N)[C@H](NC(=O)c1ccc(-c2ccccc2)cc1)C(=O)O. The molecule has 2 aromatic rings. The van der Waals surface area contributed by atoms with E-state index in [9.17, 15) is 9.59 Å². The maximum atomic E-state index is 12.1. The first kappa shape index (κ1) is 15.7. The highest BCUT2D eigenvalue weighted by atomic mass is 16.4. The summed E-state index contributed by atoms with van der Waals surface area (Å²) in [7, 11) is 0. The van der Waals surface area contributed by atoms with E-state index in [0.717, 1.165) is 11.1 Å². The van der Waals surface area contributed by atoms with Crippen LogP contribution in [0.2, 0.25) is 0 Å². The highest BCUT2D eigenvalue weighted by Crippen LogP contribution is 2.19. The largest absolute Gasteiger partial charge is 0.480 e. The molecule has 114 valence electrons. The van der Waals surface area contributed by atoms with Gasteiger partial charge in [0.1, 0.15) is 6.04 Å². The van der Waals surface area contributed by atoms with Crippen LogP contribution in [0.3, 0.4) is 0 Å². The fourth-order valence-corrected chi connectivity index (χ4v) is 2.09. The average molecular weight is 298 g/mol. The van der Waals surface area contributed by atoms with E-state index in [0.29, 0.717) is 5.56 Å². The first-order valence-electron chi connectivity index (χ1n) is 6.94. The summed E-state index contributed by atoms with van der Waals surface area (Å²) in [5.41, 5.74) is 8.00. The number of rotatable bonds is 5. The van der Waals surface area contributed by atoms with Gasteiger partial charge in [0.25, 0.3) is 5.91 Å². The van der Waals surface area contributed by atoms with Crippen molar-refractivity contribution < 1.29 is 14.7 Å². The van der Waals surface area contributed by atoms with Gasteiger partial charge in [-0.25, -0.2) is 4.79 Å². The van der Waals surface area contributed by atoms with E-state index in [4.69, 9.17) is 10.8 Å². The van der Waals surface area contributed by atoms with E-state index < -0.39 is 24.0 Å². The lowest BCUT2D eigenvalue weighted by Crippen LogP contribution is -2.51. The van der Waals surface area contributed by atoms with Gasteiger partial charge < -0.3 is 16.2 Å². The van der Waals surface area contributed by atoms with Gasteiger partial charge in [0.15, 0.2) is 0 Å². The molecule has 0 saturated carbocycles. The van der Waals surface area contributed by atoms with Gasteiger partial charge in [0.05, 0.1) is 0 Å². The fourth-order valence-electron chi connectivity index (χ4n) is 2.09. The van der Waals surface area contributed by atoms with Crippen LogP contribution >= 0.6 is 0 Å². The molecule has 1 amide bonds. The smallest absolute Gasteiger partial charge is 0.327 e. The zero-order valence-corrected chi connectivity index (χ0v) is 12.2. The second kappa shape index (κ2) is 6.87. The molecule has 5 heteroatoms. The van der Waals surface area contributed by atoms with Crippen LogP contribution in [0.4, 0.5) is 0 Å². The molecular formula is C17H18N2O3. The monoisotopic (exact) mass is 298 g/mol.